The summed E-state index contributed by atoms with van der Waals surface area (Å²) in [4.78, 5) is 18.5. The summed E-state index contributed by atoms with van der Waals surface area (Å²) in [6, 6.07) is 16.0. The minimum atomic E-state index is -0.0903. The van der Waals surface area contributed by atoms with Crippen LogP contribution in [-0.2, 0) is 13.1 Å². The third kappa shape index (κ3) is 3.68. The quantitative estimate of drug-likeness (QED) is 0.789. The Kier molecular flexibility index (Phi) is 4.57. The molecule has 118 valence electrons. The van der Waals surface area contributed by atoms with E-state index in [9.17, 15) is 4.79 Å². The van der Waals surface area contributed by atoms with Gasteiger partial charge in [-0.25, -0.2) is 9.78 Å². The van der Waals surface area contributed by atoms with Gasteiger partial charge in [-0.1, -0.05) is 36.4 Å². The predicted octanol–water partition coefficient (Wildman–Crippen LogP) is 3.95. The molecule has 0 aliphatic rings. The van der Waals surface area contributed by atoms with Crippen LogP contribution in [0.5, 0.6) is 0 Å². The van der Waals surface area contributed by atoms with Crippen LogP contribution in [0.25, 0.3) is 10.2 Å². The van der Waals surface area contributed by atoms with Crippen LogP contribution in [0, 0.1) is 6.92 Å². The van der Waals surface area contributed by atoms with Crippen molar-refractivity contribution in [2.24, 2.45) is 0 Å². The number of fused-ring (bicyclic) bond motifs is 1. The second-order valence-electron chi connectivity index (χ2n) is 5.52. The molecule has 0 unspecified atom stereocenters. The zero-order valence-corrected chi connectivity index (χ0v) is 14.1. The predicted molar refractivity (Wildman–Crippen MR) is 94.5 cm³/mol. The Morgan fingerprint density at radius 3 is 2.70 bits per heavy atom. The number of aryl methyl sites for hydroxylation is 1. The Bertz CT molecular complexity index is 795. The molecule has 1 heterocycles. The summed E-state index contributed by atoms with van der Waals surface area (Å²) < 4.78 is 1.15. The van der Waals surface area contributed by atoms with E-state index in [1.165, 1.54) is 5.56 Å². The van der Waals surface area contributed by atoms with E-state index in [2.05, 4.69) is 16.4 Å². The van der Waals surface area contributed by atoms with Crippen molar-refractivity contribution < 1.29 is 4.79 Å². The number of nitrogens with zero attached hydrogens (tertiary/aromatic N) is 2. The fraction of sp³-hybridized carbons (Fsp3) is 0.222. The number of urea groups is 1. The molecule has 0 saturated carbocycles. The number of nitrogens with one attached hydrogen (secondary N) is 1. The summed E-state index contributed by atoms with van der Waals surface area (Å²) >= 11 is 1.63. The van der Waals surface area contributed by atoms with Crippen molar-refractivity contribution >= 4 is 27.6 Å². The minimum absolute atomic E-state index is 0.0903. The number of hydrogen-bond acceptors (Lipinski definition) is 3. The second kappa shape index (κ2) is 6.79. The van der Waals surface area contributed by atoms with Crippen LogP contribution in [0.4, 0.5) is 4.79 Å². The standard InChI is InChI=1S/C18H19N3OS/c1-13-7-3-4-8-14(13)11-19-18(22)21(2)12-17-20-15-9-5-6-10-16(15)23-17/h3-10H,11-12H2,1-2H3,(H,19,22). The third-order valence-corrected chi connectivity index (χ3v) is 4.77. The highest BCUT2D eigenvalue weighted by Gasteiger charge is 2.12. The number of para-hydroxylation sites is 1. The van der Waals surface area contributed by atoms with E-state index in [1.54, 1.807) is 23.3 Å². The maximum atomic E-state index is 12.2. The Labute approximate surface area is 139 Å². The van der Waals surface area contributed by atoms with E-state index in [0.717, 1.165) is 20.8 Å². The summed E-state index contributed by atoms with van der Waals surface area (Å²) in [6.45, 7) is 3.10. The zero-order chi connectivity index (χ0) is 16.2. The lowest BCUT2D eigenvalue weighted by molar-refractivity contribution is 0.206. The Balaban J connectivity index is 1.60. The lowest BCUT2D eigenvalue weighted by Crippen LogP contribution is -2.36. The van der Waals surface area contributed by atoms with Gasteiger partial charge in [-0.05, 0) is 30.2 Å². The average Bonchev–Trinajstić information content (AvgIpc) is 2.96. The van der Waals surface area contributed by atoms with Gasteiger partial charge in [0, 0.05) is 13.6 Å². The molecule has 0 spiro atoms. The number of amides is 2. The maximum absolute atomic E-state index is 12.2. The number of thiazole rings is 1. The summed E-state index contributed by atoms with van der Waals surface area (Å²) in [7, 11) is 1.79. The Hall–Kier alpha value is -2.40. The molecule has 2 aromatic carbocycles. The molecule has 0 radical (unpaired) electrons. The molecule has 5 heteroatoms. The zero-order valence-electron chi connectivity index (χ0n) is 13.2. The summed E-state index contributed by atoms with van der Waals surface area (Å²) in [5.41, 5.74) is 3.30. The summed E-state index contributed by atoms with van der Waals surface area (Å²) in [5, 5.41) is 3.90. The van der Waals surface area contributed by atoms with Gasteiger partial charge in [0.1, 0.15) is 5.01 Å². The van der Waals surface area contributed by atoms with Gasteiger partial charge in [0.05, 0.1) is 16.8 Å². The van der Waals surface area contributed by atoms with Crippen LogP contribution in [0.2, 0.25) is 0 Å². The van der Waals surface area contributed by atoms with Gasteiger partial charge >= 0.3 is 6.03 Å². The molecule has 4 nitrogen and oxygen atoms in total. The van der Waals surface area contributed by atoms with E-state index < -0.39 is 0 Å². The molecule has 1 N–H and O–H groups in total. The van der Waals surface area contributed by atoms with Crippen LogP contribution in [0.3, 0.4) is 0 Å². The van der Waals surface area contributed by atoms with Crippen molar-refractivity contribution in [1.29, 1.82) is 0 Å². The van der Waals surface area contributed by atoms with Crippen molar-refractivity contribution in [3.05, 3.63) is 64.7 Å². The van der Waals surface area contributed by atoms with Crippen molar-refractivity contribution in [3.63, 3.8) is 0 Å². The SMILES string of the molecule is Cc1ccccc1CNC(=O)N(C)Cc1nc2ccccc2s1. The average molecular weight is 325 g/mol. The number of hydrogen-bond donors (Lipinski definition) is 1. The fourth-order valence-electron chi connectivity index (χ4n) is 2.38. The molecule has 3 aromatic rings. The summed E-state index contributed by atoms with van der Waals surface area (Å²) in [5.74, 6) is 0. The maximum Gasteiger partial charge on any atom is 0.317 e. The largest absolute Gasteiger partial charge is 0.334 e. The van der Waals surface area contributed by atoms with Crippen molar-refractivity contribution in [2.75, 3.05) is 7.05 Å². The van der Waals surface area contributed by atoms with Gasteiger partial charge < -0.3 is 10.2 Å². The van der Waals surface area contributed by atoms with Crippen molar-refractivity contribution in [3.8, 4) is 0 Å². The van der Waals surface area contributed by atoms with E-state index >= 15 is 0 Å². The molecule has 0 atom stereocenters. The van der Waals surface area contributed by atoms with Crippen LogP contribution in [-0.4, -0.2) is 23.0 Å². The third-order valence-electron chi connectivity index (χ3n) is 3.75. The number of carbonyl (C=O) groups is 1. The first-order valence-electron chi connectivity index (χ1n) is 7.51. The highest BCUT2D eigenvalue weighted by Crippen LogP contribution is 2.22. The molecule has 2 amide bonds. The molecule has 0 fully saturated rings. The normalized spacial score (nSPS) is 10.7. The first-order valence-corrected chi connectivity index (χ1v) is 8.33. The van der Waals surface area contributed by atoms with E-state index in [4.69, 9.17) is 0 Å². The van der Waals surface area contributed by atoms with Gasteiger partial charge in [0.2, 0.25) is 0 Å². The van der Waals surface area contributed by atoms with E-state index in [-0.39, 0.29) is 6.03 Å². The minimum Gasteiger partial charge on any atom is -0.334 e. The molecule has 0 saturated heterocycles. The van der Waals surface area contributed by atoms with Gasteiger partial charge in [-0.3, -0.25) is 0 Å². The van der Waals surface area contributed by atoms with E-state index in [0.29, 0.717) is 13.1 Å². The van der Waals surface area contributed by atoms with E-state index in [1.807, 2.05) is 49.4 Å². The smallest absolute Gasteiger partial charge is 0.317 e. The number of aromatic nitrogens is 1. The number of carbonyl (C=O) groups excluding carboxylic acids is 1. The van der Waals surface area contributed by atoms with Crippen molar-refractivity contribution in [1.82, 2.24) is 15.2 Å². The molecule has 0 bridgehead atoms. The highest BCUT2D eigenvalue weighted by molar-refractivity contribution is 7.18. The molecule has 0 aliphatic heterocycles. The van der Waals surface area contributed by atoms with Crippen LogP contribution in [0.1, 0.15) is 16.1 Å². The molecule has 1 aromatic heterocycles. The van der Waals surface area contributed by atoms with Crippen molar-refractivity contribution in [2.45, 2.75) is 20.0 Å². The van der Waals surface area contributed by atoms with Gasteiger partial charge in [-0.15, -0.1) is 11.3 Å². The van der Waals surface area contributed by atoms with Gasteiger partial charge in [0.15, 0.2) is 0 Å². The summed E-state index contributed by atoms with van der Waals surface area (Å²) in [6.07, 6.45) is 0. The van der Waals surface area contributed by atoms with Crippen LogP contribution in [0.15, 0.2) is 48.5 Å². The highest BCUT2D eigenvalue weighted by atomic mass is 32.1. The molecule has 0 aliphatic carbocycles. The fourth-order valence-corrected chi connectivity index (χ4v) is 3.40. The molecule has 3 rings (SSSR count). The number of rotatable bonds is 4. The van der Waals surface area contributed by atoms with Crippen LogP contribution >= 0.6 is 11.3 Å². The van der Waals surface area contributed by atoms with Gasteiger partial charge in [0.25, 0.3) is 0 Å². The number of benzene rings is 2. The molecular weight excluding hydrogens is 306 g/mol. The monoisotopic (exact) mass is 325 g/mol. The second-order valence-corrected chi connectivity index (χ2v) is 6.63. The topological polar surface area (TPSA) is 45.2 Å². The lowest BCUT2D eigenvalue weighted by atomic mass is 10.1. The Morgan fingerprint density at radius 1 is 1.17 bits per heavy atom. The first kappa shape index (κ1) is 15.5. The first-order chi connectivity index (χ1) is 11.1. The Morgan fingerprint density at radius 2 is 1.91 bits per heavy atom. The lowest BCUT2D eigenvalue weighted by Gasteiger charge is -2.17. The molecular formula is C18H19N3OS. The molecule has 23 heavy (non-hydrogen) atoms. The van der Waals surface area contributed by atoms with Gasteiger partial charge in [-0.2, -0.15) is 0 Å². The van der Waals surface area contributed by atoms with Crippen LogP contribution < -0.4 is 5.32 Å².